The van der Waals surface area contributed by atoms with Crippen LogP contribution >= 0.6 is 0 Å². The second-order valence-electron chi connectivity index (χ2n) is 6.67. The smallest absolute Gasteiger partial charge is 0.246 e. The Morgan fingerprint density at radius 2 is 1.81 bits per heavy atom. The lowest BCUT2D eigenvalue weighted by atomic mass is 9.88. The Labute approximate surface area is 157 Å². The topological polar surface area (TPSA) is 69.0 Å². The Hall–Kier alpha value is -3.02. The Bertz CT molecular complexity index is 847. The number of carbonyl (C=O) groups excluding carboxylic acids is 2. The molecule has 4 rings (SSSR count). The second kappa shape index (κ2) is 7.70. The Balaban J connectivity index is 1.34. The molecule has 2 aliphatic heterocycles. The minimum Gasteiger partial charge on any atom is -0.486 e. The van der Waals surface area contributed by atoms with Crippen LogP contribution in [0.5, 0.6) is 11.5 Å². The molecule has 0 atom stereocenters. The van der Waals surface area contributed by atoms with Gasteiger partial charge in [0.25, 0.3) is 0 Å². The number of likely N-dealkylation sites (tertiary alicyclic amines) is 1. The summed E-state index contributed by atoms with van der Waals surface area (Å²) in [4.78, 5) is 26.9. The minimum atomic E-state index is -0.0781. The summed E-state index contributed by atoms with van der Waals surface area (Å²) in [5.41, 5.74) is 0.641. The maximum absolute atomic E-state index is 12.8. The van der Waals surface area contributed by atoms with Gasteiger partial charge >= 0.3 is 0 Å². The van der Waals surface area contributed by atoms with E-state index in [1.54, 1.807) is 47.6 Å². The molecule has 0 unspecified atom stereocenters. The van der Waals surface area contributed by atoms with E-state index in [0.717, 1.165) is 0 Å². The number of fused-ring (bicyclic) bond motifs is 1. The van der Waals surface area contributed by atoms with Crippen molar-refractivity contribution in [2.75, 3.05) is 26.3 Å². The van der Waals surface area contributed by atoms with E-state index in [1.807, 2.05) is 0 Å². The van der Waals surface area contributed by atoms with E-state index in [0.29, 0.717) is 62.0 Å². The van der Waals surface area contributed by atoms with Crippen molar-refractivity contribution in [3.63, 3.8) is 0 Å². The van der Waals surface area contributed by atoms with E-state index in [9.17, 15) is 9.59 Å². The number of carbonyl (C=O) groups is 2. The van der Waals surface area contributed by atoms with Crippen molar-refractivity contribution in [2.24, 2.45) is 5.92 Å². The first kappa shape index (κ1) is 17.4. The molecule has 0 N–H and O–H groups in total. The van der Waals surface area contributed by atoms with Gasteiger partial charge in [-0.05, 0) is 49.2 Å². The predicted octanol–water partition coefficient (Wildman–Crippen LogP) is 3.19. The van der Waals surface area contributed by atoms with Gasteiger partial charge in [-0.25, -0.2) is 0 Å². The summed E-state index contributed by atoms with van der Waals surface area (Å²) in [5.74, 6) is 1.92. The fraction of sp³-hybridized carbons (Fsp3) is 0.333. The van der Waals surface area contributed by atoms with Gasteiger partial charge in [-0.15, -0.1) is 0 Å². The van der Waals surface area contributed by atoms with Crippen LogP contribution in [0.3, 0.4) is 0 Å². The lowest BCUT2D eigenvalue weighted by Crippen LogP contribution is -2.39. The summed E-state index contributed by atoms with van der Waals surface area (Å²) in [6, 6.07) is 8.92. The molecular weight excluding hydrogens is 346 g/mol. The summed E-state index contributed by atoms with van der Waals surface area (Å²) >= 11 is 0. The molecule has 3 heterocycles. The summed E-state index contributed by atoms with van der Waals surface area (Å²) in [5, 5.41) is 0. The first-order valence-corrected chi connectivity index (χ1v) is 9.15. The number of Topliss-reactive ketones (excluding diaryl/α,β-unsaturated/α-hetero) is 1. The maximum Gasteiger partial charge on any atom is 0.246 e. The van der Waals surface area contributed by atoms with Gasteiger partial charge in [-0.2, -0.15) is 0 Å². The van der Waals surface area contributed by atoms with Crippen molar-refractivity contribution in [1.29, 1.82) is 0 Å². The average molecular weight is 367 g/mol. The van der Waals surface area contributed by atoms with E-state index in [-0.39, 0.29) is 17.6 Å². The van der Waals surface area contributed by atoms with Gasteiger partial charge in [0, 0.05) is 30.6 Å². The van der Waals surface area contributed by atoms with E-state index >= 15 is 0 Å². The number of hydrogen-bond donors (Lipinski definition) is 0. The van der Waals surface area contributed by atoms with Gasteiger partial charge in [0.2, 0.25) is 5.91 Å². The zero-order valence-corrected chi connectivity index (χ0v) is 14.9. The van der Waals surface area contributed by atoms with Crippen LogP contribution in [-0.2, 0) is 4.79 Å². The van der Waals surface area contributed by atoms with Gasteiger partial charge in [0.1, 0.15) is 19.0 Å². The zero-order valence-electron chi connectivity index (χ0n) is 14.9. The third kappa shape index (κ3) is 3.89. The molecular formula is C21H21NO5. The SMILES string of the molecule is O=C(c1ccc2c(c1)OCCO2)C1CCN(C(=O)/C=C/c2ccco2)CC1. The fourth-order valence-electron chi connectivity index (χ4n) is 3.44. The van der Waals surface area contributed by atoms with Crippen molar-refractivity contribution < 1.29 is 23.5 Å². The predicted molar refractivity (Wildman–Crippen MR) is 98.8 cm³/mol. The van der Waals surface area contributed by atoms with Crippen molar-refractivity contribution >= 4 is 17.8 Å². The van der Waals surface area contributed by atoms with Crippen LogP contribution in [0.25, 0.3) is 6.08 Å². The molecule has 1 fully saturated rings. The fourth-order valence-corrected chi connectivity index (χ4v) is 3.44. The molecule has 6 nitrogen and oxygen atoms in total. The van der Waals surface area contributed by atoms with Crippen molar-refractivity contribution in [1.82, 2.24) is 4.90 Å². The molecule has 27 heavy (non-hydrogen) atoms. The Morgan fingerprint density at radius 1 is 1.04 bits per heavy atom. The number of hydrogen-bond acceptors (Lipinski definition) is 5. The van der Waals surface area contributed by atoms with Crippen LogP contribution in [0.15, 0.2) is 47.1 Å². The first-order chi connectivity index (χ1) is 13.2. The number of ketones is 1. The minimum absolute atomic E-state index is 0.0587. The van der Waals surface area contributed by atoms with Crippen LogP contribution in [0.1, 0.15) is 29.0 Å². The molecule has 6 heteroatoms. The number of benzene rings is 1. The normalized spacial score (nSPS) is 17.3. The van der Waals surface area contributed by atoms with Crippen LogP contribution in [-0.4, -0.2) is 42.9 Å². The average Bonchev–Trinajstić information content (AvgIpc) is 3.25. The van der Waals surface area contributed by atoms with E-state index in [4.69, 9.17) is 13.9 Å². The molecule has 1 aromatic heterocycles. The number of nitrogens with zero attached hydrogens (tertiary/aromatic N) is 1. The lowest BCUT2D eigenvalue weighted by Gasteiger charge is -2.30. The molecule has 0 aliphatic carbocycles. The maximum atomic E-state index is 12.8. The number of amides is 1. The van der Waals surface area contributed by atoms with E-state index in [1.165, 1.54) is 6.08 Å². The molecule has 0 saturated carbocycles. The highest BCUT2D eigenvalue weighted by Gasteiger charge is 2.28. The molecule has 1 aromatic carbocycles. The molecule has 0 radical (unpaired) electrons. The van der Waals surface area contributed by atoms with E-state index in [2.05, 4.69) is 0 Å². The van der Waals surface area contributed by atoms with Gasteiger partial charge in [-0.3, -0.25) is 9.59 Å². The number of ether oxygens (including phenoxy) is 2. The molecule has 1 saturated heterocycles. The summed E-state index contributed by atoms with van der Waals surface area (Å²) in [7, 11) is 0. The molecule has 0 spiro atoms. The highest BCUT2D eigenvalue weighted by molar-refractivity contribution is 5.99. The zero-order chi connectivity index (χ0) is 18.6. The number of rotatable bonds is 4. The molecule has 0 bridgehead atoms. The van der Waals surface area contributed by atoms with Crippen molar-refractivity contribution in [3.05, 3.63) is 54.0 Å². The highest BCUT2D eigenvalue weighted by Crippen LogP contribution is 2.32. The van der Waals surface area contributed by atoms with Gasteiger partial charge in [0.05, 0.1) is 6.26 Å². The highest BCUT2D eigenvalue weighted by atomic mass is 16.6. The number of piperidine rings is 1. The monoisotopic (exact) mass is 367 g/mol. The number of furan rings is 1. The summed E-state index contributed by atoms with van der Waals surface area (Å²) < 4.78 is 16.2. The van der Waals surface area contributed by atoms with Crippen LogP contribution in [0, 0.1) is 5.92 Å². The Kier molecular flexibility index (Phi) is 4.96. The first-order valence-electron chi connectivity index (χ1n) is 9.15. The van der Waals surface area contributed by atoms with Crippen molar-refractivity contribution in [2.45, 2.75) is 12.8 Å². The van der Waals surface area contributed by atoms with Gasteiger partial charge in [-0.1, -0.05) is 0 Å². The Morgan fingerprint density at radius 3 is 2.56 bits per heavy atom. The van der Waals surface area contributed by atoms with Gasteiger partial charge < -0.3 is 18.8 Å². The van der Waals surface area contributed by atoms with E-state index < -0.39 is 0 Å². The quantitative estimate of drug-likeness (QED) is 0.613. The third-order valence-corrected chi connectivity index (χ3v) is 4.94. The van der Waals surface area contributed by atoms with Crippen LogP contribution in [0.2, 0.25) is 0 Å². The third-order valence-electron chi connectivity index (χ3n) is 4.94. The largest absolute Gasteiger partial charge is 0.486 e. The van der Waals surface area contributed by atoms with Crippen LogP contribution in [0.4, 0.5) is 0 Å². The molecule has 2 aliphatic rings. The van der Waals surface area contributed by atoms with Crippen molar-refractivity contribution in [3.8, 4) is 11.5 Å². The second-order valence-corrected chi connectivity index (χ2v) is 6.67. The summed E-state index contributed by atoms with van der Waals surface area (Å²) in [6.07, 6.45) is 6.07. The molecule has 140 valence electrons. The lowest BCUT2D eigenvalue weighted by molar-refractivity contribution is -0.127. The van der Waals surface area contributed by atoms with Crippen LogP contribution < -0.4 is 9.47 Å². The van der Waals surface area contributed by atoms with Gasteiger partial charge in [0.15, 0.2) is 17.3 Å². The summed E-state index contributed by atoms with van der Waals surface area (Å²) in [6.45, 7) is 2.17. The standard InChI is InChI=1S/C21H21NO5/c23-20(6-4-17-2-1-11-25-17)22-9-7-15(8-10-22)21(24)16-3-5-18-19(14-16)27-13-12-26-18/h1-6,11,14-15H,7-10,12-13H2/b6-4+. The molecule has 2 aromatic rings. The molecule has 1 amide bonds.